The van der Waals surface area contributed by atoms with Gasteiger partial charge in [-0.3, -0.25) is 0 Å². The molecular weight excluding hydrogens is 316 g/mol. The third-order valence-corrected chi connectivity index (χ3v) is 3.93. The van der Waals surface area contributed by atoms with Gasteiger partial charge in [0.1, 0.15) is 0 Å². The van der Waals surface area contributed by atoms with Crippen LogP contribution in [0, 0.1) is 0 Å². The Hall–Kier alpha value is -2.76. The second kappa shape index (κ2) is 8.92. The van der Waals surface area contributed by atoms with Crippen LogP contribution in [0.15, 0.2) is 47.6 Å². The molecule has 0 atom stereocenters. The molecule has 0 spiro atoms. The Morgan fingerprint density at radius 2 is 2.00 bits per heavy atom. The number of nitrogens with zero attached hydrogens (tertiary/aromatic N) is 3. The molecule has 0 aliphatic heterocycles. The summed E-state index contributed by atoms with van der Waals surface area (Å²) in [5, 5.41) is 3.32. The van der Waals surface area contributed by atoms with Crippen LogP contribution in [0.1, 0.15) is 28.5 Å². The van der Waals surface area contributed by atoms with Crippen LogP contribution in [0.4, 0.5) is 0 Å². The fourth-order valence-electron chi connectivity index (χ4n) is 2.48. The largest absolute Gasteiger partial charge is 0.465 e. The van der Waals surface area contributed by atoms with E-state index in [4.69, 9.17) is 9.73 Å². The fourth-order valence-corrected chi connectivity index (χ4v) is 2.48. The minimum atomic E-state index is -0.328. The molecule has 0 radical (unpaired) electrons. The van der Waals surface area contributed by atoms with E-state index in [1.54, 1.807) is 12.1 Å². The van der Waals surface area contributed by atoms with Crippen molar-refractivity contribution < 1.29 is 9.53 Å². The molecule has 0 saturated carbocycles. The zero-order chi connectivity index (χ0) is 18.2. The van der Waals surface area contributed by atoms with Gasteiger partial charge in [0, 0.05) is 32.5 Å². The predicted molar refractivity (Wildman–Crippen MR) is 99.5 cm³/mol. The summed E-state index contributed by atoms with van der Waals surface area (Å²) >= 11 is 0. The van der Waals surface area contributed by atoms with Crippen LogP contribution in [0.25, 0.3) is 0 Å². The number of methoxy groups -OCH3 is 1. The Kier molecular flexibility index (Phi) is 6.62. The molecule has 2 rings (SSSR count). The molecule has 0 aliphatic carbocycles. The summed E-state index contributed by atoms with van der Waals surface area (Å²) in [7, 11) is 5.44. The minimum absolute atomic E-state index is 0.328. The quantitative estimate of drug-likeness (QED) is 0.498. The van der Waals surface area contributed by atoms with Gasteiger partial charge in [0.2, 0.25) is 0 Å². The maximum Gasteiger partial charge on any atom is 0.337 e. The molecule has 0 fully saturated rings. The van der Waals surface area contributed by atoms with Crippen LogP contribution >= 0.6 is 0 Å². The fraction of sp³-hybridized carbons (Fsp3) is 0.368. The molecule has 134 valence electrons. The monoisotopic (exact) mass is 342 g/mol. The maximum absolute atomic E-state index is 11.5. The smallest absolute Gasteiger partial charge is 0.337 e. The summed E-state index contributed by atoms with van der Waals surface area (Å²) in [6, 6.07) is 11.5. The van der Waals surface area contributed by atoms with Gasteiger partial charge >= 0.3 is 5.97 Å². The Bertz CT molecular complexity index is 719. The van der Waals surface area contributed by atoms with Crippen molar-refractivity contribution in [3.05, 3.63) is 59.4 Å². The Morgan fingerprint density at radius 1 is 1.28 bits per heavy atom. The van der Waals surface area contributed by atoms with Crippen LogP contribution < -0.4 is 5.32 Å². The Balaban J connectivity index is 2.05. The van der Waals surface area contributed by atoms with E-state index in [2.05, 4.69) is 27.8 Å². The van der Waals surface area contributed by atoms with Crippen molar-refractivity contribution >= 4 is 11.9 Å². The van der Waals surface area contributed by atoms with Crippen LogP contribution in [0.5, 0.6) is 0 Å². The molecule has 6 heteroatoms. The molecule has 0 saturated heterocycles. The molecule has 0 amide bonds. The van der Waals surface area contributed by atoms with E-state index in [1.807, 2.05) is 38.5 Å². The number of hydrogen-bond acceptors (Lipinski definition) is 3. The maximum atomic E-state index is 11.5. The second-order valence-electron chi connectivity index (χ2n) is 5.83. The number of aliphatic imine (C=N–C) groups is 1. The Morgan fingerprint density at radius 3 is 2.56 bits per heavy atom. The molecule has 1 aromatic carbocycles. The zero-order valence-electron chi connectivity index (χ0n) is 15.3. The van der Waals surface area contributed by atoms with E-state index in [0.717, 1.165) is 24.6 Å². The van der Waals surface area contributed by atoms with Gasteiger partial charge in [0.15, 0.2) is 5.96 Å². The number of carbonyl (C=O) groups is 1. The molecule has 1 heterocycles. The number of aryl methyl sites for hydroxylation is 1. The van der Waals surface area contributed by atoms with E-state index in [9.17, 15) is 4.79 Å². The molecule has 0 aliphatic rings. The van der Waals surface area contributed by atoms with Crippen molar-refractivity contribution in [2.75, 3.05) is 20.7 Å². The minimum Gasteiger partial charge on any atom is -0.465 e. The van der Waals surface area contributed by atoms with Crippen LogP contribution in [0.3, 0.4) is 0 Å². The predicted octanol–water partition coefficient (Wildman–Crippen LogP) is 2.41. The first-order valence-corrected chi connectivity index (χ1v) is 8.32. The SMILES string of the molecule is CCNC(=NCc1ccc(C(=O)OC)cc1)N(C)Cc1cccn1C. The van der Waals surface area contributed by atoms with Gasteiger partial charge < -0.3 is 19.5 Å². The highest BCUT2D eigenvalue weighted by atomic mass is 16.5. The molecule has 0 unspecified atom stereocenters. The van der Waals surface area contributed by atoms with E-state index < -0.39 is 0 Å². The number of guanidine groups is 1. The van der Waals surface area contributed by atoms with Gasteiger partial charge in [-0.25, -0.2) is 9.79 Å². The highest BCUT2D eigenvalue weighted by Gasteiger charge is 2.09. The van der Waals surface area contributed by atoms with Crippen LogP contribution in [-0.4, -0.2) is 42.1 Å². The lowest BCUT2D eigenvalue weighted by atomic mass is 10.1. The molecule has 2 aromatic rings. The molecular formula is C19H26N4O2. The van der Waals surface area contributed by atoms with Crippen molar-refractivity contribution in [3.63, 3.8) is 0 Å². The normalized spacial score (nSPS) is 11.3. The van der Waals surface area contributed by atoms with Crippen molar-refractivity contribution in [2.24, 2.45) is 12.0 Å². The number of ether oxygens (including phenoxy) is 1. The highest BCUT2D eigenvalue weighted by Crippen LogP contribution is 2.08. The summed E-state index contributed by atoms with van der Waals surface area (Å²) < 4.78 is 6.81. The number of nitrogens with one attached hydrogen (secondary N) is 1. The zero-order valence-corrected chi connectivity index (χ0v) is 15.3. The lowest BCUT2D eigenvalue weighted by molar-refractivity contribution is 0.0600. The van der Waals surface area contributed by atoms with E-state index >= 15 is 0 Å². The molecule has 6 nitrogen and oxygen atoms in total. The molecule has 1 aromatic heterocycles. The lowest BCUT2D eigenvalue weighted by Gasteiger charge is -2.22. The van der Waals surface area contributed by atoms with Gasteiger partial charge in [-0.2, -0.15) is 0 Å². The number of rotatable bonds is 6. The summed E-state index contributed by atoms with van der Waals surface area (Å²) in [6.07, 6.45) is 2.04. The topological polar surface area (TPSA) is 58.9 Å². The first-order valence-electron chi connectivity index (χ1n) is 8.32. The average molecular weight is 342 g/mol. The van der Waals surface area contributed by atoms with Crippen molar-refractivity contribution in [2.45, 2.75) is 20.0 Å². The number of hydrogen-bond donors (Lipinski definition) is 1. The molecule has 25 heavy (non-hydrogen) atoms. The summed E-state index contributed by atoms with van der Waals surface area (Å²) in [4.78, 5) is 18.3. The lowest BCUT2D eigenvalue weighted by Crippen LogP contribution is -2.38. The molecule has 0 bridgehead atoms. The number of benzene rings is 1. The third-order valence-electron chi connectivity index (χ3n) is 3.93. The Labute approximate surface area is 149 Å². The first kappa shape index (κ1) is 18.6. The van der Waals surface area contributed by atoms with Gasteiger partial charge in [-0.1, -0.05) is 12.1 Å². The van der Waals surface area contributed by atoms with E-state index in [0.29, 0.717) is 12.1 Å². The van der Waals surface area contributed by atoms with Crippen LogP contribution in [-0.2, 0) is 24.9 Å². The standard InChI is InChI=1S/C19H26N4O2/c1-5-20-19(23(3)14-17-7-6-12-22(17)2)21-13-15-8-10-16(11-9-15)18(24)25-4/h6-12H,5,13-14H2,1-4H3,(H,20,21). The third kappa shape index (κ3) is 5.11. The second-order valence-corrected chi connectivity index (χ2v) is 5.83. The van der Waals surface area contributed by atoms with Crippen molar-refractivity contribution in [1.29, 1.82) is 0 Å². The summed E-state index contributed by atoms with van der Waals surface area (Å²) in [5.41, 5.74) is 2.80. The number of aromatic nitrogens is 1. The van der Waals surface area contributed by atoms with Crippen LogP contribution in [0.2, 0.25) is 0 Å². The molecule has 1 N–H and O–H groups in total. The summed E-state index contributed by atoms with van der Waals surface area (Å²) in [6.45, 7) is 4.17. The van der Waals surface area contributed by atoms with Gasteiger partial charge in [0.25, 0.3) is 0 Å². The number of esters is 1. The van der Waals surface area contributed by atoms with Crippen molar-refractivity contribution in [3.8, 4) is 0 Å². The van der Waals surface area contributed by atoms with Gasteiger partial charge in [0.05, 0.1) is 25.8 Å². The highest BCUT2D eigenvalue weighted by molar-refractivity contribution is 5.89. The summed E-state index contributed by atoms with van der Waals surface area (Å²) in [5.74, 6) is 0.520. The number of carbonyl (C=O) groups excluding carboxylic acids is 1. The van der Waals surface area contributed by atoms with Gasteiger partial charge in [-0.15, -0.1) is 0 Å². The van der Waals surface area contributed by atoms with Crippen molar-refractivity contribution in [1.82, 2.24) is 14.8 Å². The first-order chi connectivity index (χ1) is 12.0. The average Bonchev–Trinajstić information content (AvgIpc) is 3.03. The van der Waals surface area contributed by atoms with Gasteiger partial charge in [-0.05, 0) is 36.8 Å². The van der Waals surface area contributed by atoms with E-state index in [-0.39, 0.29) is 5.97 Å². The van der Waals surface area contributed by atoms with E-state index in [1.165, 1.54) is 12.8 Å².